The predicted molar refractivity (Wildman–Crippen MR) is 94.7 cm³/mol. The fourth-order valence-corrected chi connectivity index (χ4v) is 2.22. The number of benzene rings is 2. The lowest BCUT2D eigenvalue weighted by Gasteiger charge is -2.05. The fourth-order valence-electron chi connectivity index (χ4n) is 2.22. The molecule has 3 rings (SSSR count). The summed E-state index contributed by atoms with van der Waals surface area (Å²) < 4.78 is 16.2. The van der Waals surface area contributed by atoms with Crippen LogP contribution in [0.3, 0.4) is 0 Å². The summed E-state index contributed by atoms with van der Waals surface area (Å²) in [5.74, 6) is 2.07. The quantitative estimate of drug-likeness (QED) is 0.670. The van der Waals surface area contributed by atoms with Crippen LogP contribution in [-0.2, 0) is 11.3 Å². The number of aromatic nitrogens is 2. The first-order valence-corrected chi connectivity index (χ1v) is 8.16. The number of hydrogen-bond acceptors (Lipinski definition) is 6. The van der Waals surface area contributed by atoms with Crippen molar-refractivity contribution >= 4 is 5.91 Å². The molecule has 1 amide bonds. The number of carbonyl (C=O) groups excluding carboxylic acids is 1. The van der Waals surface area contributed by atoms with Crippen LogP contribution in [0, 0.1) is 0 Å². The van der Waals surface area contributed by atoms with Gasteiger partial charge in [0.25, 0.3) is 0 Å². The molecule has 3 aromatic rings. The molecule has 7 heteroatoms. The first kappa shape index (κ1) is 17.5. The van der Waals surface area contributed by atoms with Crippen LogP contribution >= 0.6 is 0 Å². The lowest BCUT2D eigenvalue weighted by Crippen LogP contribution is -2.24. The predicted octanol–water partition coefficient (Wildman–Crippen LogP) is 2.83. The Labute approximate surface area is 151 Å². The molecule has 0 unspecified atom stereocenters. The number of hydrogen-bond donors (Lipinski definition) is 1. The molecule has 0 fully saturated rings. The number of rotatable bonds is 8. The second-order valence-corrected chi connectivity index (χ2v) is 5.42. The average molecular weight is 353 g/mol. The number of nitrogens with zero attached hydrogens (tertiary/aromatic N) is 2. The molecule has 1 heterocycles. The largest absolute Gasteiger partial charge is 0.497 e. The van der Waals surface area contributed by atoms with Crippen molar-refractivity contribution in [2.75, 3.05) is 13.7 Å². The molecule has 134 valence electrons. The molecular formula is C19H19N3O4. The Kier molecular flexibility index (Phi) is 5.82. The van der Waals surface area contributed by atoms with Crippen LogP contribution in [-0.4, -0.2) is 29.8 Å². The second kappa shape index (κ2) is 8.66. The molecule has 0 aliphatic rings. The summed E-state index contributed by atoms with van der Waals surface area (Å²) in [5.41, 5.74) is 0.784. The van der Waals surface area contributed by atoms with E-state index in [1.807, 2.05) is 54.6 Å². The summed E-state index contributed by atoms with van der Waals surface area (Å²) in [7, 11) is 1.60. The maximum Gasteiger partial charge on any atom is 0.247 e. The smallest absolute Gasteiger partial charge is 0.247 e. The van der Waals surface area contributed by atoms with Crippen LogP contribution in [0.4, 0.5) is 0 Å². The van der Waals surface area contributed by atoms with Gasteiger partial charge in [-0.2, -0.15) is 0 Å². The third-order valence-electron chi connectivity index (χ3n) is 3.58. The number of amides is 1. The summed E-state index contributed by atoms with van der Waals surface area (Å²) in [4.78, 5) is 11.9. The van der Waals surface area contributed by atoms with E-state index in [1.165, 1.54) is 0 Å². The van der Waals surface area contributed by atoms with Crippen LogP contribution < -0.4 is 14.8 Å². The number of para-hydroxylation sites is 1. The number of nitrogens with one attached hydrogen (secondary N) is 1. The van der Waals surface area contributed by atoms with Crippen molar-refractivity contribution in [1.82, 2.24) is 15.5 Å². The van der Waals surface area contributed by atoms with E-state index >= 15 is 0 Å². The summed E-state index contributed by atoms with van der Waals surface area (Å²) in [5, 5.41) is 10.7. The normalized spacial score (nSPS) is 10.3. The third-order valence-corrected chi connectivity index (χ3v) is 3.58. The molecule has 0 saturated heterocycles. The highest BCUT2D eigenvalue weighted by atomic mass is 16.5. The molecule has 0 spiro atoms. The Bertz CT molecular complexity index is 832. The van der Waals surface area contributed by atoms with Gasteiger partial charge in [-0.25, -0.2) is 0 Å². The first-order chi connectivity index (χ1) is 12.7. The van der Waals surface area contributed by atoms with Gasteiger partial charge in [0.2, 0.25) is 17.7 Å². The van der Waals surface area contributed by atoms with Crippen molar-refractivity contribution in [3.8, 4) is 23.0 Å². The van der Waals surface area contributed by atoms with Crippen molar-refractivity contribution in [1.29, 1.82) is 0 Å². The maximum atomic E-state index is 11.9. The van der Waals surface area contributed by atoms with E-state index in [0.717, 1.165) is 17.1 Å². The van der Waals surface area contributed by atoms with Crippen LogP contribution in [0.1, 0.15) is 12.3 Å². The zero-order chi connectivity index (χ0) is 18.2. The van der Waals surface area contributed by atoms with Crippen LogP contribution in [0.15, 0.2) is 59.0 Å². The van der Waals surface area contributed by atoms with Gasteiger partial charge in [0.1, 0.15) is 11.5 Å². The number of ether oxygens (including phenoxy) is 2. The molecule has 2 aromatic carbocycles. The van der Waals surface area contributed by atoms with Gasteiger partial charge < -0.3 is 19.2 Å². The van der Waals surface area contributed by atoms with Crippen molar-refractivity contribution in [2.45, 2.75) is 13.0 Å². The van der Waals surface area contributed by atoms with Crippen LogP contribution in [0.25, 0.3) is 11.5 Å². The van der Waals surface area contributed by atoms with E-state index in [2.05, 4.69) is 15.5 Å². The third kappa shape index (κ3) is 4.83. The van der Waals surface area contributed by atoms with Gasteiger partial charge in [0, 0.05) is 5.56 Å². The monoisotopic (exact) mass is 353 g/mol. The molecule has 0 saturated carbocycles. The zero-order valence-corrected chi connectivity index (χ0v) is 14.3. The molecule has 1 N–H and O–H groups in total. The van der Waals surface area contributed by atoms with Gasteiger partial charge in [-0.15, -0.1) is 10.2 Å². The van der Waals surface area contributed by atoms with Gasteiger partial charge in [-0.1, -0.05) is 18.2 Å². The molecule has 0 radical (unpaired) electrons. The Balaban J connectivity index is 1.44. The van der Waals surface area contributed by atoms with E-state index in [-0.39, 0.29) is 18.9 Å². The minimum Gasteiger partial charge on any atom is -0.497 e. The molecular weight excluding hydrogens is 334 g/mol. The van der Waals surface area contributed by atoms with Gasteiger partial charge in [0.05, 0.1) is 26.7 Å². The Hall–Kier alpha value is -3.35. The van der Waals surface area contributed by atoms with E-state index in [0.29, 0.717) is 18.4 Å². The minimum absolute atomic E-state index is 0.148. The van der Waals surface area contributed by atoms with Crippen molar-refractivity contribution < 1.29 is 18.7 Å². The molecule has 0 aliphatic heterocycles. The highest BCUT2D eigenvalue weighted by molar-refractivity contribution is 5.75. The van der Waals surface area contributed by atoms with Crippen molar-refractivity contribution in [3.05, 3.63) is 60.5 Å². The summed E-state index contributed by atoms with van der Waals surface area (Å²) in [6.07, 6.45) is 0.244. The zero-order valence-electron chi connectivity index (χ0n) is 14.3. The molecule has 7 nitrogen and oxygen atoms in total. The van der Waals surface area contributed by atoms with Gasteiger partial charge >= 0.3 is 0 Å². The van der Waals surface area contributed by atoms with Crippen LogP contribution in [0.2, 0.25) is 0 Å². The molecule has 0 aliphatic carbocycles. The van der Waals surface area contributed by atoms with Crippen LogP contribution in [0.5, 0.6) is 11.5 Å². The van der Waals surface area contributed by atoms with Crippen molar-refractivity contribution in [2.24, 2.45) is 0 Å². The maximum absolute atomic E-state index is 11.9. The SMILES string of the molecule is COc1ccc(-c2nnc(CNC(=O)CCOc3ccccc3)o2)cc1. The Morgan fingerprint density at radius 3 is 2.54 bits per heavy atom. The summed E-state index contributed by atoms with van der Waals surface area (Å²) >= 11 is 0. The summed E-state index contributed by atoms with van der Waals surface area (Å²) in [6.45, 7) is 0.476. The average Bonchev–Trinajstić information content (AvgIpc) is 3.16. The van der Waals surface area contributed by atoms with E-state index in [4.69, 9.17) is 13.9 Å². The topological polar surface area (TPSA) is 86.5 Å². The Morgan fingerprint density at radius 2 is 1.81 bits per heavy atom. The van der Waals surface area contributed by atoms with E-state index in [9.17, 15) is 4.79 Å². The van der Waals surface area contributed by atoms with Crippen molar-refractivity contribution in [3.63, 3.8) is 0 Å². The summed E-state index contributed by atoms with van der Waals surface area (Å²) in [6, 6.07) is 16.6. The molecule has 26 heavy (non-hydrogen) atoms. The highest BCUT2D eigenvalue weighted by Gasteiger charge is 2.10. The second-order valence-electron chi connectivity index (χ2n) is 5.42. The van der Waals surface area contributed by atoms with Gasteiger partial charge in [0.15, 0.2) is 0 Å². The Morgan fingerprint density at radius 1 is 1.04 bits per heavy atom. The lowest BCUT2D eigenvalue weighted by molar-refractivity contribution is -0.121. The number of carbonyl (C=O) groups is 1. The number of methoxy groups -OCH3 is 1. The highest BCUT2D eigenvalue weighted by Crippen LogP contribution is 2.21. The molecule has 1 aromatic heterocycles. The van der Waals surface area contributed by atoms with E-state index < -0.39 is 0 Å². The molecule has 0 atom stereocenters. The van der Waals surface area contributed by atoms with E-state index in [1.54, 1.807) is 7.11 Å². The molecule has 0 bridgehead atoms. The standard InChI is InChI=1S/C19H19N3O4/c1-24-15-9-7-14(8-10-15)19-22-21-18(26-19)13-20-17(23)11-12-25-16-5-3-2-4-6-16/h2-10H,11-13H2,1H3,(H,20,23). The lowest BCUT2D eigenvalue weighted by atomic mass is 10.2. The first-order valence-electron chi connectivity index (χ1n) is 8.16. The van der Waals surface area contributed by atoms with Gasteiger partial charge in [-0.3, -0.25) is 4.79 Å². The van der Waals surface area contributed by atoms with Gasteiger partial charge in [-0.05, 0) is 36.4 Å². The minimum atomic E-state index is -0.148. The fraction of sp³-hybridized carbons (Fsp3) is 0.211.